The fraction of sp³-hybridized carbons (Fsp3) is 0.381. The molecule has 1 aliphatic heterocycles. The van der Waals surface area contributed by atoms with Gasteiger partial charge in [0.15, 0.2) is 0 Å². The smallest absolute Gasteiger partial charge is 0.254 e. The van der Waals surface area contributed by atoms with E-state index in [0.29, 0.717) is 25.3 Å². The van der Waals surface area contributed by atoms with Crippen molar-refractivity contribution < 1.29 is 17.9 Å². The van der Waals surface area contributed by atoms with Gasteiger partial charge in [0.05, 0.1) is 17.5 Å². The van der Waals surface area contributed by atoms with E-state index in [-0.39, 0.29) is 16.8 Å². The number of sulfonamides is 1. The van der Waals surface area contributed by atoms with Crippen LogP contribution < -0.4 is 9.46 Å². The Hall–Kier alpha value is -2.38. The second-order valence-corrected chi connectivity index (χ2v) is 8.45. The molecule has 1 saturated heterocycles. The zero-order valence-electron chi connectivity index (χ0n) is 16.2. The maximum atomic E-state index is 13.1. The van der Waals surface area contributed by atoms with Crippen LogP contribution in [-0.4, -0.2) is 38.9 Å². The summed E-state index contributed by atoms with van der Waals surface area (Å²) in [5.74, 6) is 0.661. The van der Waals surface area contributed by atoms with Crippen molar-refractivity contribution in [1.82, 2.24) is 9.62 Å². The second kappa shape index (κ2) is 8.75. The Balaban J connectivity index is 1.83. The fourth-order valence-corrected chi connectivity index (χ4v) is 4.63. The van der Waals surface area contributed by atoms with Gasteiger partial charge in [0, 0.05) is 18.7 Å². The van der Waals surface area contributed by atoms with E-state index in [9.17, 15) is 13.2 Å². The molecule has 0 spiro atoms. The minimum Gasteiger partial charge on any atom is -0.494 e. The van der Waals surface area contributed by atoms with Gasteiger partial charge < -0.3 is 9.64 Å². The number of likely N-dealkylation sites (tertiary alicyclic amines) is 1. The summed E-state index contributed by atoms with van der Waals surface area (Å²) in [6.07, 6.45) is 1.80. The highest BCUT2D eigenvalue weighted by Gasteiger charge is 2.31. The Morgan fingerprint density at radius 3 is 2.61 bits per heavy atom. The summed E-state index contributed by atoms with van der Waals surface area (Å²) in [7, 11) is -3.60. The van der Waals surface area contributed by atoms with Crippen LogP contribution in [0.25, 0.3) is 0 Å². The average molecular weight is 403 g/mol. The Morgan fingerprint density at radius 1 is 1.18 bits per heavy atom. The molecule has 1 atom stereocenters. The van der Waals surface area contributed by atoms with Gasteiger partial charge in [0.2, 0.25) is 10.0 Å². The van der Waals surface area contributed by atoms with Crippen LogP contribution in [0.2, 0.25) is 0 Å². The predicted octanol–water partition coefficient (Wildman–Crippen LogP) is 3.36. The van der Waals surface area contributed by atoms with Crippen LogP contribution in [0.1, 0.15) is 48.7 Å². The van der Waals surface area contributed by atoms with Gasteiger partial charge >= 0.3 is 0 Å². The van der Waals surface area contributed by atoms with Crippen LogP contribution in [0.4, 0.5) is 0 Å². The van der Waals surface area contributed by atoms with Gasteiger partial charge in [0.25, 0.3) is 5.91 Å². The molecule has 1 aliphatic rings. The summed E-state index contributed by atoms with van der Waals surface area (Å²) in [6.45, 7) is 5.22. The molecule has 7 heteroatoms. The zero-order valence-corrected chi connectivity index (χ0v) is 17.0. The lowest BCUT2D eigenvalue weighted by molar-refractivity contribution is 0.0735. The lowest BCUT2D eigenvalue weighted by Gasteiger charge is -2.25. The number of ether oxygens (including phenoxy) is 1. The largest absolute Gasteiger partial charge is 0.494 e. The molecule has 0 aromatic heterocycles. The lowest BCUT2D eigenvalue weighted by Crippen LogP contribution is -2.31. The monoisotopic (exact) mass is 402 g/mol. The van der Waals surface area contributed by atoms with E-state index in [0.717, 1.165) is 24.2 Å². The van der Waals surface area contributed by atoms with E-state index in [1.165, 1.54) is 12.1 Å². The third-order valence-corrected chi connectivity index (χ3v) is 6.36. The molecule has 0 saturated carbocycles. The number of hydrogen-bond acceptors (Lipinski definition) is 4. The summed E-state index contributed by atoms with van der Waals surface area (Å²) >= 11 is 0. The van der Waals surface area contributed by atoms with Crippen LogP contribution in [0, 0.1) is 0 Å². The van der Waals surface area contributed by atoms with Crippen molar-refractivity contribution >= 4 is 15.9 Å². The third-order valence-electron chi connectivity index (χ3n) is 4.82. The first-order chi connectivity index (χ1) is 13.5. The first kappa shape index (κ1) is 20.4. The molecule has 2 aromatic rings. The topological polar surface area (TPSA) is 75.7 Å². The molecular formula is C21H26N2O4S. The van der Waals surface area contributed by atoms with Gasteiger partial charge in [-0.3, -0.25) is 4.79 Å². The summed E-state index contributed by atoms with van der Waals surface area (Å²) in [4.78, 5) is 15.1. The van der Waals surface area contributed by atoms with Gasteiger partial charge in [-0.05, 0) is 55.7 Å². The molecule has 0 unspecified atom stereocenters. The number of hydrogen-bond donors (Lipinski definition) is 1. The molecule has 2 aromatic carbocycles. The summed E-state index contributed by atoms with van der Waals surface area (Å²) < 4.78 is 32.5. The number of nitrogens with one attached hydrogen (secondary N) is 1. The predicted molar refractivity (Wildman–Crippen MR) is 108 cm³/mol. The molecule has 1 amide bonds. The maximum absolute atomic E-state index is 13.1. The maximum Gasteiger partial charge on any atom is 0.254 e. The van der Waals surface area contributed by atoms with Crippen LogP contribution in [-0.2, 0) is 10.0 Å². The van der Waals surface area contributed by atoms with Gasteiger partial charge in [-0.25, -0.2) is 13.1 Å². The molecule has 3 rings (SSSR count). The Labute approximate surface area is 166 Å². The van der Waals surface area contributed by atoms with Gasteiger partial charge in [-0.15, -0.1) is 0 Å². The molecule has 0 radical (unpaired) electrons. The third kappa shape index (κ3) is 4.36. The van der Waals surface area contributed by atoms with E-state index in [2.05, 4.69) is 4.72 Å². The van der Waals surface area contributed by atoms with Crippen molar-refractivity contribution in [3.8, 4) is 5.75 Å². The quantitative estimate of drug-likeness (QED) is 0.771. The Kier molecular flexibility index (Phi) is 6.36. The molecule has 0 aliphatic carbocycles. The van der Waals surface area contributed by atoms with E-state index in [4.69, 9.17) is 4.74 Å². The SMILES string of the molecule is CCNS(=O)(=O)c1cccc(C(=O)N2CCC[C@H]2c2ccc(OCC)cc2)c1. The van der Waals surface area contributed by atoms with Crippen LogP contribution in [0.15, 0.2) is 53.4 Å². The highest BCUT2D eigenvalue weighted by atomic mass is 32.2. The van der Waals surface area contributed by atoms with Gasteiger partial charge in [0.1, 0.15) is 5.75 Å². The highest BCUT2D eigenvalue weighted by Crippen LogP contribution is 2.34. The fourth-order valence-electron chi connectivity index (χ4n) is 3.54. The minimum absolute atomic E-state index is 0.0165. The molecular weight excluding hydrogens is 376 g/mol. The second-order valence-electron chi connectivity index (χ2n) is 6.69. The molecule has 0 bridgehead atoms. The van der Waals surface area contributed by atoms with Crippen LogP contribution >= 0.6 is 0 Å². The number of nitrogens with zero attached hydrogens (tertiary/aromatic N) is 1. The lowest BCUT2D eigenvalue weighted by atomic mass is 10.0. The van der Waals surface area contributed by atoms with E-state index < -0.39 is 10.0 Å². The minimum atomic E-state index is -3.60. The van der Waals surface area contributed by atoms with Crippen molar-refractivity contribution in [2.45, 2.75) is 37.6 Å². The zero-order chi connectivity index (χ0) is 20.1. The molecule has 1 N–H and O–H groups in total. The number of rotatable bonds is 7. The first-order valence-electron chi connectivity index (χ1n) is 9.59. The number of carbonyl (C=O) groups excluding carboxylic acids is 1. The van der Waals surface area contributed by atoms with Gasteiger partial charge in [-0.1, -0.05) is 25.1 Å². The highest BCUT2D eigenvalue weighted by molar-refractivity contribution is 7.89. The van der Waals surface area contributed by atoms with Crippen molar-refractivity contribution in [1.29, 1.82) is 0 Å². The summed E-state index contributed by atoms with van der Waals surface area (Å²) in [5, 5.41) is 0. The van der Waals surface area contributed by atoms with Crippen molar-refractivity contribution in [3.63, 3.8) is 0 Å². The van der Waals surface area contributed by atoms with E-state index >= 15 is 0 Å². The molecule has 28 heavy (non-hydrogen) atoms. The number of amides is 1. The standard InChI is InChI=1S/C21H26N2O4S/c1-3-22-28(25,26)19-8-5-7-17(15-19)21(24)23-14-6-9-20(23)16-10-12-18(13-11-16)27-4-2/h5,7-8,10-13,15,20,22H,3-4,6,9,14H2,1-2H3/t20-/m0/s1. The van der Waals surface area contributed by atoms with Crippen molar-refractivity contribution in [3.05, 3.63) is 59.7 Å². The van der Waals surface area contributed by atoms with E-state index in [1.807, 2.05) is 36.1 Å². The van der Waals surface area contributed by atoms with Crippen LogP contribution in [0.3, 0.4) is 0 Å². The Morgan fingerprint density at radius 2 is 1.93 bits per heavy atom. The summed E-state index contributed by atoms with van der Waals surface area (Å²) in [6, 6.07) is 14.0. The molecule has 150 valence electrons. The van der Waals surface area contributed by atoms with Crippen molar-refractivity contribution in [2.24, 2.45) is 0 Å². The molecule has 1 fully saturated rings. The molecule has 1 heterocycles. The number of carbonyl (C=O) groups is 1. The normalized spacial score (nSPS) is 16.9. The summed E-state index contributed by atoms with van der Waals surface area (Å²) in [5.41, 5.74) is 1.45. The van der Waals surface area contributed by atoms with E-state index in [1.54, 1.807) is 19.1 Å². The van der Waals surface area contributed by atoms with Crippen LogP contribution in [0.5, 0.6) is 5.75 Å². The van der Waals surface area contributed by atoms with Gasteiger partial charge in [-0.2, -0.15) is 0 Å². The van der Waals surface area contributed by atoms with Crippen molar-refractivity contribution in [2.75, 3.05) is 19.7 Å². The first-order valence-corrected chi connectivity index (χ1v) is 11.1. The average Bonchev–Trinajstić information content (AvgIpc) is 3.18. The number of benzene rings is 2. The Bertz CT molecular complexity index is 926. The molecule has 6 nitrogen and oxygen atoms in total.